The number of hydrogen-bond donors (Lipinski definition) is 1. The Balaban J connectivity index is 1.72. The fourth-order valence-electron chi connectivity index (χ4n) is 3.64. The van der Waals surface area contributed by atoms with Crippen LogP contribution in [0.3, 0.4) is 0 Å². The van der Waals surface area contributed by atoms with Crippen molar-refractivity contribution in [2.75, 3.05) is 38.2 Å². The van der Waals surface area contributed by atoms with Gasteiger partial charge < -0.3 is 14.9 Å². The molecule has 0 bridgehead atoms. The Bertz CT molecular complexity index is 650. The van der Waals surface area contributed by atoms with Crippen molar-refractivity contribution >= 4 is 16.6 Å². The van der Waals surface area contributed by atoms with Crippen molar-refractivity contribution in [2.45, 2.75) is 32.2 Å². The van der Waals surface area contributed by atoms with Crippen molar-refractivity contribution in [3.8, 4) is 0 Å². The number of piperidine rings is 1. The molecule has 0 spiro atoms. The molecule has 1 aliphatic heterocycles. The molecular formula is C19H27N3O. The molecule has 4 nitrogen and oxygen atoms in total. The molecule has 0 radical (unpaired) electrons. The van der Waals surface area contributed by atoms with Gasteiger partial charge in [0.2, 0.25) is 0 Å². The predicted octanol–water partition coefficient (Wildman–Crippen LogP) is 2.83. The van der Waals surface area contributed by atoms with Crippen LogP contribution in [-0.2, 0) is 0 Å². The number of benzene rings is 1. The van der Waals surface area contributed by atoms with Gasteiger partial charge in [-0.3, -0.25) is 4.98 Å². The summed E-state index contributed by atoms with van der Waals surface area (Å²) in [6.07, 6.45) is 5.16. The summed E-state index contributed by atoms with van der Waals surface area (Å²) in [5, 5.41) is 10.2. The molecule has 0 amide bonds. The molecular weight excluding hydrogens is 286 g/mol. The largest absolute Gasteiger partial charge is 0.396 e. The van der Waals surface area contributed by atoms with E-state index >= 15 is 0 Å². The van der Waals surface area contributed by atoms with Gasteiger partial charge in [-0.2, -0.15) is 0 Å². The van der Waals surface area contributed by atoms with Gasteiger partial charge in [-0.15, -0.1) is 0 Å². The second-order valence-electron chi connectivity index (χ2n) is 6.58. The van der Waals surface area contributed by atoms with Crippen LogP contribution < -0.4 is 4.90 Å². The maximum absolute atomic E-state index is 8.99. The summed E-state index contributed by atoms with van der Waals surface area (Å²) in [6.45, 7) is 5.56. The van der Waals surface area contributed by atoms with Crippen LogP contribution in [-0.4, -0.2) is 54.3 Å². The Morgan fingerprint density at radius 1 is 1.26 bits per heavy atom. The van der Waals surface area contributed by atoms with Crippen LogP contribution in [0, 0.1) is 6.92 Å². The fraction of sp³-hybridized carbons (Fsp3) is 0.526. The van der Waals surface area contributed by atoms with Crippen LogP contribution in [0.1, 0.15) is 24.8 Å². The van der Waals surface area contributed by atoms with E-state index in [-0.39, 0.29) is 6.61 Å². The van der Waals surface area contributed by atoms with Crippen LogP contribution >= 0.6 is 0 Å². The van der Waals surface area contributed by atoms with Crippen molar-refractivity contribution in [3.05, 3.63) is 36.0 Å². The second-order valence-corrected chi connectivity index (χ2v) is 6.58. The van der Waals surface area contributed by atoms with Gasteiger partial charge in [0.15, 0.2) is 0 Å². The Morgan fingerprint density at radius 2 is 2.04 bits per heavy atom. The van der Waals surface area contributed by atoms with Gasteiger partial charge in [0, 0.05) is 49.6 Å². The Kier molecular flexibility index (Phi) is 5.13. The SMILES string of the molecule is Cc1cccc2c(N3CCC(N(C)CCCO)CC3)ccnc12. The van der Waals surface area contributed by atoms with E-state index in [0.29, 0.717) is 6.04 Å². The van der Waals surface area contributed by atoms with Crippen LogP contribution in [0.2, 0.25) is 0 Å². The first-order chi connectivity index (χ1) is 11.2. The number of aryl methyl sites for hydroxylation is 1. The number of nitrogens with zero attached hydrogens (tertiary/aromatic N) is 3. The molecule has 0 saturated carbocycles. The summed E-state index contributed by atoms with van der Waals surface area (Å²) in [5.41, 5.74) is 3.67. The summed E-state index contributed by atoms with van der Waals surface area (Å²) in [5.74, 6) is 0. The topological polar surface area (TPSA) is 39.6 Å². The second kappa shape index (κ2) is 7.28. The third-order valence-electron chi connectivity index (χ3n) is 5.05. The Labute approximate surface area is 138 Å². The number of pyridine rings is 1. The van der Waals surface area contributed by atoms with E-state index in [2.05, 4.69) is 53.0 Å². The quantitative estimate of drug-likeness (QED) is 0.921. The predicted molar refractivity (Wildman–Crippen MR) is 96.0 cm³/mol. The minimum Gasteiger partial charge on any atom is -0.396 e. The lowest BCUT2D eigenvalue weighted by molar-refractivity contribution is 0.184. The number of fused-ring (bicyclic) bond motifs is 1. The number of aromatic nitrogens is 1. The highest BCUT2D eigenvalue weighted by atomic mass is 16.3. The Morgan fingerprint density at radius 3 is 2.78 bits per heavy atom. The number of anilines is 1. The molecule has 1 fully saturated rings. The number of rotatable bonds is 5. The molecule has 1 aromatic heterocycles. The molecule has 1 saturated heterocycles. The van der Waals surface area contributed by atoms with E-state index in [1.165, 1.54) is 29.5 Å². The molecule has 3 rings (SSSR count). The first-order valence-electron chi connectivity index (χ1n) is 8.61. The van der Waals surface area contributed by atoms with Crippen LogP contribution in [0.5, 0.6) is 0 Å². The van der Waals surface area contributed by atoms with Gasteiger partial charge in [-0.05, 0) is 44.9 Å². The lowest BCUT2D eigenvalue weighted by atomic mass is 10.0. The van der Waals surface area contributed by atoms with E-state index in [0.717, 1.165) is 31.6 Å². The maximum Gasteiger partial charge on any atom is 0.0751 e. The number of para-hydroxylation sites is 1. The number of hydrogen-bond acceptors (Lipinski definition) is 4. The van der Waals surface area contributed by atoms with E-state index in [9.17, 15) is 0 Å². The molecule has 124 valence electrons. The highest BCUT2D eigenvalue weighted by Gasteiger charge is 2.23. The normalized spacial score (nSPS) is 16.4. The molecule has 4 heteroatoms. The molecule has 1 aromatic carbocycles. The van der Waals surface area contributed by atoms with Crippen molar-refractivity contribution in [3.63, 3.8) is 0 Å². The lowest BCUT2D eigenvalue weighted by Gasteiger charge is -2.38. The number of aliphatic hydroxyl groups is 1. The summed E-state index contributed by atoms with van der Waals surface area (Å²) >= 11 is 0. The van der Waals surface area contributed by atoms with Crippen molar-refractivity contribution in [1.82, 2.24) is 9.88 Å². The minimum absolute atomic E-state index is 0.283. The third kappa shape index (κ3) is 3.48. The molecule has 23 heavy (non-hydrogen) atoms. The minimum atomic E-state index is 0.283. The highest BCUT2D eigenvalue weighted by molar-refractivity contribution is 5.93. The van der Waals surface area contributed by atoms with E-state index in [1.54, 1.807) is 0 Å². The zero-order valence-corrected chi connectivity index (χ0v) is 14.2. The molecule has 0 unspecified atom stereocenters. The molecule has 2 heterocycles. The van der Waals surface area contributed by atoms with Gasteiger partial charge in [0.05, 0.1) is 5.52 Å². The average Bonchev–Trinajstić information content (AvgIpc) is 2.60. The summed E-state index contributed by atoms with van der Waals surface area (Å²) < 4.78 is 0. The smallest absolute Gasteiger partial charge is 0.0751 e. The van der Waals surface area contributed by atoms with Gasteiger partial charge in [-0.1, -0.05) is 18.2 Å². The van der Waals surface area contributed by atoms with E-state index in [1.807, 2.05) is 6.20 Å². The van der Waals surface area contributed by atoms with E-state index in [4.69, 9.17) is 5.11 Å². The monoisotopic (exact) mass is 313 g/mol. The van der Waals surface area contributed by atoms with Gasteiger partial charge in [0.1, 0.15) is 0 Å². The third-order valence-corrected chi connectivity index (χ3v) is 5.05. The van der Waals surface area contributed by atoms with Crippen LogP contribution in [0.15, 0.2) is 30.5 Å². The zero-order chi connectivity index (χ0) is 16.2. The van der Waals surface area contributed by atoms with Crippen molar-refractivity contribution in [2.24, 2.45) is 0 Å². The van der Waals surface area contributed by atoms with Gasteiger partial charge >= 0.3 is 0 Å². The summed E-state index contributed by atoms with van der Waals surface area (Å²) in [4.78, 5) is 9.46. The average molecular weight is 313 g/mol. The summed E-state index contributed by atoms with van der Waals surface area (Å²) in [6, 6.07) is 9.22. The molecule has 1 N–H and O–H groups in total. The number of aliphatic hydroxyl groups excluding tert-OH is 1. The maximum atomic E-state index is 8.99. The standard InChI is InChI=1S/C19H27N3O/c1-15-5-3-6-17-18(7-10-20-19(15)17)22-12-8-16(9-13-22)21(2)11-4-14-23/h3,5-7,10,16,23H,4,8-9,11-14H2,1-2H3. The molecule has 1 aliphatic rings. The molecule has 0 atom stereocenters. The lowest BCUT2D eigenvalue weighted by Crippen LogP contribution is -2.43. The van der Waals surface area contributed by atoms with Gasteiger partial charge in [-0.25, -0.2) is 0 Å². The van der Waals surface area contributed by atoms with Crippen LogP contribution in [0.25, 0.3) is 10.9 Å². The zero-order valence-electron chi connectivity index (χ0n) is 14.2. The van der Waals surface area contributed by atoms with Crippen LogP contribution in [0.4, 0.5) is 5.69 Å². The fourth-order valence-corrected chi connectivity index (χ4v) is 3.64. The highest BCUT2D eigenvalue weighted by Crippen LogP contribution is 2.29. The van der Waals surface area contributed by atoms with Crippen molar-refractivity contribution in [1.29, 1.82) is 0 Å². The van der Waals surface area contributed by atoms with E-state index < -0.39 is 0 Å². The molecule has 0 aliphatic carbocycles. The van der Waals surface area contributed by atoms with Gasteiger partial charge in [0.25, 0.3) is 0 Å². The Hall–Kier alpha value is -1.65. The van der Waals surface area contributed by atoms with Crippen molar-refractivity contribution < 1.29 is 5.11 Å². The first kappa shape index (κ1) is 16.2. The summed E-state index contributed by atoms with van der Waals surface area (Å²) in [7, 11) is 2.18. The first-order valence-corrected chi connectivity index (χ1v) is 8.61. The molecule has 2 aromatic rings.